The molecule has 4 nitrogen and oxygen atoms in total. The Labute approximate surface area is 85.4 Å². The Hall–Kier alpha value is -0.610. The second-order valence-electron chi connectivity index (χ2n) is 4.64. The van der Waals surface area contributed by atoms with Gasteiger partial charge in [0.15, 0.2) is 0 Å². The molecular weight excluding hydrogens is 180 g/mol. The van der Waals surface area contributed by atoms with Gasteiger partial charge in [0.2, 0.25) is 5.91 Å². The van der Waals surface area contributed by atoms with E-state index in [-0.39, 0.29) is 5.91 Å². The van der Waals surface area contributed by atoms with Gasteiger partial charge in [-0.15, -0.1) is 0 Å². The first-order valence-electron chi connectivity index (χ1n) is 5.03. The standard InChI is InChI=1S/C10H20N2O2/c1-10(2,11)9(13)12(3)6-8-4-5-14-7-8/h8H,4-7,11H2,1-3H3. The lowest BCUT2D eigenvalue weighted by Gasteiger charge is -2.27. The molecule has 1 amide bonds. The van der Waals surface area contributed by atoms with Crippen LogP contribution in [0.1, 0.15) is 20.3 Å². The molecule has 1 atom stereocenters. The molecule has 0 aliphatic carbocycles. The fourth-order valence-electron chi connectivity index (χ4n) is 1.69. The van der Waals surface area contributed by atoms with Crippen LogP contribution in [0.3, 0.4) is 0 Å². The summed E-state index contributed by atoms with van der Waals surface area (Å²) in [6.07, 6.45) is 1.04. The zero-order valence-corrected chi connectivity index (χ0v) is 9.25. The lowest BCUT2D eigenvalue weighted by molar-refractivity contribution is -0.135. The zero-order valence-electron chi connectivity index (χ0n) is 9.25. The Morgan fingerprint density at radius 3 is 2.71 bits per heavy atom. The summed E-state index contributed by atoms with van der Waals surface area (Å²) in [7, 11) is 1.80. The van der Waals surface area contributed by atoms with E-state index >= 15 is 0 Å². The molecule has 0 radical (unpaired) electrons. The number of hydrogen-bond donors (Lipinski definition) is 1. The molecule has 2 N–H and O–H groups in total. The van der Waals surface area contributed by atoms with Crippen LogP contribution in [0.4, 0.5) is 0 Å². The van der Waals surface area contributed by atoms with Crippen molar-refractivity contribution in [3.63, 3.8) is 0 Å². The van der Waals surface area contributed by atoms with E-state index in [1.165, 1.54) is 0 Å². The highest BCUT2D eigenvalue weighted by molar-refractivity contribution is 5.84. The van der Waals surface area contributed by atoms with Crippen molar-refractivity contribution in [3.05, 3.63) is 0 Å². The molecule has 0 bridgehead atoms. The molecule has 4 heteroatoms. The molecule has 1 unspecified atom stereocenters. The van der Waals surface area contributed by atoms with Crippen molar-refractivity contribution in [1.82, 2.24) is 4.90 Å². The summed E-state index contributed by atoms with van der Waals surface area (Å²) in [5, 5.41) is 0. The minimum absolute atomic E-state index is 0.00981. The fraction of sp³-hybridized carbons (Fsp3) is 0.900. The average molecular weight is 200 g/mol. The molecule has 14 heavy (non-hydrogen) atoms. The van der Waals surface area contributed by atoms with Gasteiger partial charge in [0, 0.05) is 26.1 Å². The third-order valence-electron chi connectivity index (χ3n) is 2.45. The largest absolute Gasteiger partial charge is 0.381 e. The molecule has 0 saturated carbocycles. The van der Waals surface area contributed by atoms with Crippen molar-refractivity contribution in [1.29, 1.82) is 0 Å². The molecule has 1 aliphatic rings. The van der Waals surface area contributed by atoms with Gasteiger partial charge >= 0.3 is 0 Å². The van der Waals surface area contributed by atoms with Crippen LogP contribution in [0.15, 0.2) is 0 Å². The topological polar surface area (TPSA) is 55.6 Å². The molecule has 1 saturated heterocycles. The van der Waals surface area contributed by atoms with Crippen LogP contribution < -0.4 is 5.73 Å². The van der Waals surface area contributed by atoms with Crippen LogP contribution in [0.2, 0.25) is 0 Å². The van der Waals surface area contributed by atoms with Crippen molar-refractivity contribution in [2.24, 2.45) is 11.7 Å². The van der Waals surface area contributed by atoms with E-state index in [0.29, 0.717) is 5.92 Å². The quantitative estimate of drug-likeness (QED) is 0.709. The Balaban J connectivity index is 2.41. The minimum Gasteiger partial charge on any atom is -0.381 e. The summed E-state index contributed by atoms with van der Waals surface area (Å²) in [4.78, 5) is 13.4. The third-order valence-corrected chi connectivity index (χ3v) is 2.45. The first-order valence-corrected chi connectivity index (χ1v) is 5.03. The van der Waals surface area contributed by atoms with E-state index in [1.54, 1.807) is 25.8 Å². The number of hydrogen-bond acceptors (Lipinski definition) is 3. The number of likely N-dealkylation sites (N-methyl/N-ethyl adjacent to an activating group) is 1. The Morgan fingerprint density at radius 1 is 1.64 bits per heavy atom. The molecule has 0 aromatic carbocycles. The van der Waals surface area contributed by atoms with E-state index in [0.717, 1.165) is 26.2 Å². The molecule has 0 aromatic heterocycles. The smallest absolute Gasteiger partial charge is 0.241 e. The number of carbonyl (C=O) groups is 1. The van der Waals surface area contributed by atoms with Gasteiger partial charge in [-0.25, -0.2) is 0 Å². The molecule has 82 valence electrons. The van der Waals surface area contributed by atoms with Crippen LogP contribution in [0.25, 0.3) is 0 Å². The number of amides is 1. The van der Waals surface area contributed by atoms with Gasteiger partial charge in [-0.05, 0) is 20.3 Å². The number of rotatable bonds is 3. The predicted octanol–water partition coefficient (Wildman–Crippen LogP) is 0.219. The van der Waals surface area contributed by atoms with Crippen molar-refractivity contribution < 1.29 is 9.53 Å². The van der Waals surface area contributed by atoms with Gasteiger partial charge in [0.25, 0.3) is 0 Å². The summed E-state index contributed by atoms with van der Waals surface area (Å²) in [6, 6.07) is 0. The van der Waals surface area contributed by atoms with E-state index < -0.39 is 5.54 Å². The highest BCUT2D eigenvalue weighted by Crippen LogP contribution is 2.14. The summed E-state index contributed by atoms with van der Waals surface area (Å²) < 4.78 is 5.25. The molecule has 1 heterocycles. The third kappa shape index (κ3) is 2.96. The highest BCUT2D eigenvalue weighted by Gasteiger charge is 2.27. The highest BCUT2D eigenvalue weighted by atomic mass is 16.5. The first-order chi connectivity index (χ1) is 6.41. The van der Waals surface area contributed by atoms with Crippen LogP contribution >= 0.6 is 0 Å². The molecule has 1 rings (SSSR count). The van der Waals surface area contributed by atoms with Crippen molar-refractivity contribution in [3.8, 4) is 0 Å². The first kappa shape index (κ1) is 11.5. The molecule has 1 aliphatic heterocycles. The maximum atomic E-state index is 11.7. The van der Waals surface area contributed by atoms with Crippen molar-refractivity contribution >= 4 is 5.91 Å². The number of carbonyl (C=O) groups excluding carboxylic acids is 1. The fourth-order valence-corrected chi connectivity index (χ4v) is 1.69. The van der Waals surface area contributed by atoms with Crippen LogP contribution in [-0.2, 0) is 9.53 Å². The lowest BCUT2D eigenvalue weighted by atomic mass is 10.0. The van der Waals surface area contributed by atoms with Crippen LogP contribution in [-0.4, -0.2) is 43.2 Å². The van der Waals surface area contributed by atoms with E-state index in [9.17, 15) is 4.79 Å². The van der Waals surface area contributed by atoms with E-state index in [2.05, 4.69) is 0 Å². The maximum absolute atomic E-state index is 11.7. The number of nitrogens with zero attached hydrogens (tertiary/aromatic N) is 1. The number of nitrogens with two attached hydrogens (primary N) is 1. The molecule has 0 aromatic rings. The van der Waals surface area contributed by atoms with Crippen LogP contribution in [0, 0.1) is 5.92 Å². The van der Waals surface area contributed by atoms with Crippen LogP contribution in [0.5, 0.6) is 0 Å². The summed E-state index contributed by atoms with van der Waals surface area (Å²) >= 11 is 0. The Morgan fingerprint density at radius 2 is 2.29 bits per heavy atom. The molecular formula is C10H20N2O2. The normalized spacial score (nSPS) is 22.4. The van der Waals surface area contributed by atoms with Gasteiger partial charge in [-0.3, -0.25) is 4.79 Å². The van der Waals surface area contributed by atoms with Gasteiger partial charge in [-0.1, -0.05) is 0 Å². The average Bonchev–Trinajstić information content (AvgIpc) is 2.53. The van der Waals surface area contributed by atoms with Gasteiger partial charge < -0.3 is 15.4 Å². The second kappa shape index (κ2) is 4.28. The lowest BCUT2D eigenvalue weighted by Crippen LogP contribution is -2.50. The molecule has 1 fully saturated rings. The SMILES string of the molecule is CN(CC1CCOC1)C(=O)C(C)(C)N. The van der Waals surface area contributed by atoms with Crippen molar-refractivity contribution in [2.45, 2.75) is 25.8 Å². The maximum Gasteiger partial charge on any atom is 0.241 e. The monoisotopic (exact) mass is 200 g/mol. The predicted molar refractivity (Wildman–Crippen MR) is 54.8 cm³/mol. The minimum atomic E-state index is -0.770. The van der Waals surface area contributed by atoms with Gasteiger partial charge in [-0.2, -0.15) is 0 Å². The second-order valence-corrected chi connectivity index (χ2v) is 4.64. The summed E-state index contributed by atoms with van der Waals surface area (Å²) in [5.74, 6) is 0.468. The van der Waals surface area contributed by atoms with Gasteiger partial charge in [0.1, 0.15) is 0 Å². The number of ether oxygens (including phenoxy) is 1. The zero-order chi connectivity index (χ0) is 10.8. The van der Waals surface area contributed by atoms with Gasteiger partial charge in [0.05, 0.1) is 12.1 Å². The summed E-state index contributed by atoms with van der Waals surface area (Å²) in [6.45, 7) is 5.80. The summed E-state index contributed by atoms with van der Waals surface area (Å²) in [5.41, 5.74) is 4.96. The van der Waals surface area contributed by atoms with E-state index in [1.807, 2.05) is 0 Å². The Kier molecular flexibility index (Phi) is 3.50. The van der Waals surface area contributed by atoms with E-state index in [4.69, 9.17) is 10.5 Å². The molecule has 0 spiro atoms. The van der Waals surface area contributed by atoms with Crippen molar-refractivity contribution in [2.75, 3.05) is 26.8 Å². The Bertz CT molecular complexity index is 205.